The van der Waals surface area contributed by atoms with E-state index in [9.17, 15) is 4.79 Å². The van der Waals surface area contributed by atoms with Crippen LogP contribution in [0.25, 0.3) is 11.3 Å². The molecule has 0 unspecified atom stereocenters. The lowest BCUT2D eigenvalue weighted by Gasteiger charge is -2.25. The number of carbonyl (C=O) groups is 1. The van der Waals surface area contributed by atoms with Crippen LogP contribution in [-0.4, -0.2) is 31.1 Å². The van der Waals surface area contributed by atoms with Gasteiger partial charge in [-0.05, 0) is 42.3 Å². The van der Waals surface area contributed by atoms with E-state index in [0.717, 1.165) is 46.8 Å². The van der Waals surface area contributed by atoms with E-state index in [0.29, 0.717) is 18.7 Å². The number of H-pyrrole nitrogens is 1. The van der Waals surface area contributed by atoms with E-state index < -0.39 is 0 Å². The molecule has 0 radical (unpaired) electrons. The number of para-hydroxylation sites is 2. The first-order chi connectivity index (χ1) is 15.8. The zero-order chi connectivity index (χ0) is 21.8. The van der Waals surface area contributed by atoms with E-state index in [1.165, 1.54) is 11.9 Å². The fourth-order valence-corrected chi connectivity index (χ4v) is 4.68. The van der Waals surface area contributed by atoms with Gasteiger partial charge < -0.3 is 4.74 Å². The lowest BCUT2D eigenvalue weighted by atomic mass is 10.0. The number of rotatable bonds is 6. The van der Waals surface area contributed by atoms with E-state index in [1.54, 1.807) is 12.4 Å². The molecule has 7 heteroatoms. The molecule has 0 spiro atoms. The first-order valence-electron chi connectivity index (χ1n) is 10.5. The third kappa shape index (κ3) is 4.59. The Morgan fingerprint density at radius 1 is 1.03 bits per heavy atom. The van der Waals surface area contributed by atoms with Crippen molar-refractivity contribution in [3.8, 4) is 22.8 Å². The van der Waals surface area contributed by atoms with Crippen LogP contribution in [-0.2, 0) is 24.2 Å². The fraction of sp³-hybridized carbons (Fsp3) is 0.160. The van der Waals surface area contributed by atoms with Crippen LogP contribution < -0.4 is 4.74 Å². The van der Waals surface area contributed by atoms with Crippen LogP contribution in [0.5, 0.6) is 11.5 Å². The maximum atomic E-state index is 12.9. The summed E-state index contributed by atoms with van der Waals surface area (Å²) in [6, 6.07) is 21.2. The average Bonchev–Trinajstić information content (AvgIpc) is 3.25. The second-order valence-electron chi connectivity index (χ2n) is 7.54. The molecule has 0 atom stereocenters. The van der Waals surface area contributed by atoms with Crippen LogP contribution in [0.15, 0.2) is 79.1 Å². The van der Waals surface area contributed by atoms with Crippen molar-refractivity contribution in [3.05, 3.63) is 95.9 Å². The Hall–Kier alpha value is -3.42. The molecular formula is C25H22N4O2S. The Morgan fingerprint density at radius 3 is 2.66 bits per heavy atom. The van der Waals surface area contributed by atoms with Gasteiger partial charge in [0, 0.05) is 60.7 Å². The van der Waals surface area contributed by atoms with Gasteiger partial charge in [0.1, 0.15) is 11.5 Å². The Balaban J connectivity index is 1.26. The lowest BCUT2D eigenvalue weighted by Crippen LogP contribution is -2.26. The summed E-state index contributed by atoms with van der Waals surface area (Å²) in [5.74, 6) is 1.47. The minimum Gasteiger partial charge on any atom is -0.457 e. The van der Waals surface area contributed by atoms with E-state index >= 15 is 0 Å². The molecule has 0 aliphatic carbocycles. The third-order valence-electron chi connectivity index (χ3n) is 5.36. The van der Waals surface area contributed by atoms with Crippen molar-refractivity contribution >= 4 is 17.1 Å². The van der Waals surface area contributed by atoms with Crippen molar-refractivity contribution < 1.29 is 9.53 Å². The van der Waals surface area contributed by atoms with Gasteiger partial charge in [-0.2, -0.15) is 5.10 Å². The van der Waals surface area contributed by atoms with E-state index in [1.807, 2.05) is 66.7 Å². The number of aromatic amines is 1. The zero-order valence-corrected chi connectivity index (χ0v) is 18.2. The highest BCUT2D eigenvalue weighted by Crippen LogP contribution is 2.32. The first-order valence-corrected chi connectivity index (χ1v) is 11.3. The van der Waals surface area contributed by atoms with Crippen molar-refractivity contribution in [1.82, 2.24) is 19.5 Å². The maximum Gasteiger partial charge on any atom is 0.208 e. The van der Waals surface area contributed by atoms with Crippen LogP contribution in [0.2, 0.25) is 0 Å². The number of hydrogen-bond donors (Lipinski definition) is 1. The second-order valence-corrected chi connectivity index (χ2v) is 8.70. The standard InChI is InChI=1S/C25H22N4O2S/c30-24(16-19-6-4-5-9-23(19)31-20-7-2-1-3-8-20)32-29-15-12-22-21(17-29)25(28-27-22)18-10-13-26-14-11-18/h1-11,13-14H,12,15-17H2,(H,27,28). The number of carbonyl (C=O) groups excluding carboxylic acids is 1. The van der Waals surface area contributed by atoms with Gasteiger partial charge in [0.15, 0.2) is 0 Å². The molecule has 1 N–H and O–H groups in total. The highest BCUT2D eigenvalue weighted by Gasteiger charge is 2.25. The highest BCUT2D eigenvalue weighted by molar-refractivity contribution is 8.11. The quantitative estimate of drug-likeness (QED) is 0.422. The van der Waals surface area contributed by atoms with Crippen LogP contribution >= 0.6 is 11.9 Å². The summed E-state index contributed by atoms with van der Waals surface area (Å²) in [6.07, 6.45) is 4.68. The highest BCUT2D eigenvalue weighted by atomic mass is 32.2. The summed E-state index contributed by atoms with van der Waals surface area (Å²) in [5.41, 5.74) is 5.13. The van der Waals surface area contributed by atoms with Gasteiger partial charge in [-0.3, -0.25) is 14.9 Å². The molecule has 2 aromatic carbocycles. The number of ether oxygens (including phenoxy) is 1. The van der Waals surface area contributed by atoms with Crippen molar-refractivity contribution in [2.75, 3.05) is 6.54 Å². The molecule has 160 valence electrons. The van der Waals surface area contributed by atoms with Gasteiger partial charge in [0.2, 0.25) is 5.12 Å². The minimum absolute atomic E-state index is 0.0894. The topological polar surface area (TPSA) is 71.1 Å². The molecule has 1 aliphatic rings. The molecule has 1 aliphatic heterocycles. The van der Waals surface area contributed by atoms with E-state index in [4.69, 9.17) is 4.74 Å². The van der Waals surface area contributed by atoms with E-state index in [2.05, 4.69) is 19.5 Å². The number of aromatic nitrogens is 3. The van der Waals surface area contributed by atoms with Gasteiger partial charge in [-0.1, -0.05) is 36.4 Å². The summed E-state index contributed by atoms with van der Waals surface area (Å²) in [4.78, 5) is 17.0. The molecule has 0 bridgehead atoms. The Bertz CT molecular complexity index is 1210. The van der Waals surface area contributed by atoms with Crippen molar-refractivity contribution in [2.24, 2.45) is 0 Å². The molecule has 32 heavy (non-hydrogen) atoms. The second kappa shape index (κ2) is 9.38. The molecule has 4 aromatic rings. The predicted octanol–water partition coefficient (Wildman–Crippen LogP) is 5.04. The molecule has 0 saturated carbocycles. The van der Waals surface area contributed by atoms with Gasteiger partial charge in [-0.25, -0.2) is 4.31 Å². The largest absolute Gasteiger partial charge is 0.457 e. The van der Waals surface area contributed by atoms with Crippen LogP contribution in [0.3, 0.4) is 0 Å². The Labute approximate surface area is 190 Å². The van der Waals surface area contributed by atoms with Crippen molar-refractivity contribution in [2.45, 2.75) is 19.4 Å². The summed E-state index contributed by atoms with van der Waals surface area (Å²) < 4.78 is 8.13. The molecule has 6 nitrogen and oxygen atoms in total. The smallest absolute Gasteiger partial charge is 0.208 e. The normalized spacial score (nSPS) is 13.5. The number of nitrogens with one attached hydrogen (secondary N) is 1. The molecule has 2 aromatic heterocycles. The number of fused-ring (bicyclic) bond motifs is 1. The number of benzene rings is 2. The lowest BCUT2D eigenvalue weighted by molar-refractivity contribution is -0.110. The SMILES string of the molecule is O=C(Cc1ccccc1Oc1ccccc1)SN1CCc2[nH]nc(-c3ccncc3)c2C1. The summed E-state index contributed by atoms with van der Waals surface area (Å²) in [5, 5.41) is 7.76. The molecule has 0 amide bonds. The number of pyridine rings is 1. The first kappa shape index (κ1) is 20.5. The molecule has 3 heterocycles. The summed E-state index contributed by atoms with van der Waals surface area (Å²) in [7, 11) is 0. The number of hydrogen-bond acceptors (Lipinski definition) is 6. The minimum atomic E-state index is 0.0894. The molecule has 5 rings (SSSR count). The van der Waals surface area contributed by atoms with Gasteiger partial charge in [0.05, 0.1) is 5.69 Å². The fourth-order valence-electron chi connectivity index (χ4n) is 3.79. The van der Waals surface area contributed by atoms with Crippen LogP contribution in [0, 0.1) is 0 Å². The average molecular weight is 443 g/mol. The van der Waals surface area contributed by atoms with E-state index in [-0.39, 0.29) is 5.12 Å². The molecule has 0 fully saturated rings. The molecule has 0 saturated heterocycles. The predicted molar refractivity (Wildman–Crippen MR) is 125 cm³/mol. The summed E-state index contributed by atoms with van der Waals surface area (Å²) >= 11 is 1.29. The monoisotopic (exact) mass is 442 g/mol. The van der Waals surface area contributed by atoms with Crippen LogP contribution in [0.4, 0.5) is 0 Å². The Morgan fingerprint density at radius 2 is 1.81 bits per heavy atom. The van der Waals surface area contributed by atoms with Crippen LogP contribution in [0.1, 0.15) is 16.8 Å². The third-order valence-corrected chi connectivity index (χ3v) is 6.28. The van der Waals surface area contributed by atoms with Crippen molar-refractivity contribution in [1.29, 1.82) is 0 Å². The zero-order valence-electron chi connectivity index (χ0n) is 17.4. The molecular weight excluding hydrogens is 420 g/mol. The van der Waals surface area contributed by atoms with Gasteiger partial charge in [-0.15, -0.1) is 0 Å². The van der Waals surface area contributed by atoms with Gasteiger partial charge in [0.25, 0.3) is 0 Å². The summed E-state index contributed by atoms with van der Waals surface area (Å²) in [6.45, 7) is 1.46. The Kier molecular flexibility index (Phi) is 6.00. The maximum absolute atomic E-state index is 12.9. The number of nitrogens with zero attached hydrogens (tertiary/aromatic N) is 3. The van der Waals surface area contributed by atoms with Crippen molar-refractivity contribution in [3.63, 3.8) is 0 Å². The van der Waals surface area contributed by atoms with Gasteiger partial charge >= 0.3 is 0 Å².